The van der Waals surface area contributed by atoms with Gasteiger partial charge in [-0.2, -0.15) is 0 Å². The van der Waals surface area contributed by atoms with Crippen molar-refractivity contribution in [3.05, 3.63) is 74.8 Å². The van der Waals surface area contributed by atoms with Gasteiger partial charge in [0.05, 0.1) is 4.92 Å². The third kappa shape index (κ3) is 4.13. The van der Waals surface area contributed by atoms with E-state index >= 15 is 0 Å². The molecular weight excluding hydrogens is 348 g/mol. The highest BCUT2D eigenvalue weighted by molar-refractivity contribution is 5.95. The monoisotopic (exact) mass is 368 g/mol. The number of para-hydroxylation sites is 1. The molecule has 0 spiro atoms. The average Bonchev–Trinajstić information content (AvgIpc) is 3.20. The number of esters is 1. The van der Waals surface area contributed by atoms with E-state index in [1.54, 1.807) is 43.3 Å². The number of carbonyl (C=O) groups excluding carboxylic acids is 2. The number of rotatable bonds is 5. The zero-order valence-corrected chi connectivity index (χ0v) is 15.0. The summed E-state index contributed by atoms with van der Waals surface area (Å²) in [5, 5.41) is 11.2. The van der Waals surface area contributed by atoms with E-state index in [-0.39, 0.29) is 23.8 Å². The van der Waals surface area contributed by atoms with Gasteiger partial charge in [-0.05, 0) is 43.5 Å². The second-order valence-corrected chi connectivity index (χ2v) is 6.50. The maximum atomic E-state index is 12.3. The Bertz CT molecular complexity index is 870. The molecule has 7 heteroatoms. The van der Waals surface area contributed by atoms with Gasteiger partial charge in [0.1, 0.15) is 12.2 Å². The molecule has 0 bridgehead atoms. The SMILES string of the molecule is Cc1cccc(C(=O)OCc2ccc(C(=O)N3CCCC3)cc2)c1[N+](=O)[O-]. The molecule has 1 fully saturated rings. The minimum absolute atomic E-state index is 0.00595. The Morgan fingerprint density at radius 1 is 1.11 bits per heavy atom. The first-order chi connectivity index (χ1) is 13.0. The average molecular weight is 368 g/mol. The van der Waals surface area contributed by atoms with Gasteiger partial charge in [0.2, 0.25) is 0 Å². The van der Waals surface area contributed by atoms with E-state index < -0.39 is 10.9 Å². The van der Waals surface area contributed by atoms with Gasteiger partial charge in [-0.25, -0.2) is 4.79 Å². The molecule has 1 amide bonds. The second kappa shape index (κ2) is 7.99. The molecule has 0 radical (unpaired) electrons. The summed E-state index contributed by atoms with van der Waals surface area (Å²) < 4.78 is 5.22. The Balaban J connectivity index is 1.65. The van der Waals surface area contributed by atoms with E-state index in [0.717, 1.165) is 25.9 Å². The smallest absolute Gasteiger partial charge is 0.345 e. The lowest BCUT2D eigenvalue weighted by atomic mass is 10.1. The minimum atomic E-state index is -0.748. The van der Waals surface area contributed by atoms with E-state index in [0.29, 0.717) is 16.7 Å². The lowest BCUT2D eigenvalue weighted by molar-refractivity contribution is -0.385. The normalized spacial score (nSPS) is 13.4. The fourth-order valence-electron chi connectivity index (χ4n) is 3.14. The predicted octanol–water partition coefficient (Wildman–Crippen LogP) is 3.50. The van der Waals surface area contributed by atoms with Crippen molar-refractivity contribution in [1.29, 1.82) is 0 Å². The molecular formula is C20H20N2O5. The first kappa shape index (κ1) is 18.6. The van der Waals surface area contributed by atoms with Gasteiger partial charge in [0.25, 0.3) is 11.6 Å². The van der Waals surface area contributed by atoms with Crippen molar-refractivity contribution in [3.63, 3.8) is 0 Å². The number of likely N-dealkylation sites (tertiary alicyclic amines) is 1. The Labute approximate surface area is 156 Å². The summed E-state index contributed by atoms with van der Waals surface area (Å²) in [7, 11) is 0. The van der Waals surface area contributed by atoms with Gasteiger partial charge < -0.3 is 9.64 Å². The zero-order chi connectivity index (χ0) is 19.4. The van der Waals surface area contributed by atoms with Gasteiger partial charge in [-0.3, -0.25) is 14.9 Å². The van der Waals surface area contributed by atoms with Crippen molar-refractivity contribution in [2.75, 3.05) is 13.1 Å². The Kier molecular flexibility index (Phi) is 5.49. The van der Waals surface area contributed by atoms with Crippen LogP contribution in [0.15, 0.2) is 42.5 Å². The van der Waals surface area contributed by atoms with E-state index in [2.05, 4.69) is 0 Å². The highest BCUT2D eigenvalue weighted by atomic mass is 16.6. The first-order valence-electron chi connectivity index (χ1n) is 8.76. The van der Waals surface area contributed by atoms with Gasteiger partial charge in [-0.1, -0.05) is 24.3 Å². The largest absolute Gasteiger partial charge is 0.457 e. The summed E-state index contributed by atoms with van der Waals surface area (Å²) in [6, 6.07) is 11.4. The molecule has 1 heterocycles. The molecule has 2 aromatic carbocycles. The Morgan fingerprint density at radius 2 is 1.78 bits per heavy atom. The highest BCUT2D eigenvalue weighted by Gasteiger charge is 2.23. The van der Waals surface area contributed by atoms with Crippen molar-refractivity contribution < 1.29 is 19.2 Å². The van der Waals surface area contributed by atoms with E-state index in [1.807, 2.05) is 4.90 Å². The fraction of sp³-hybridized carbons (Fsp3) is 0.300. The Hall–Kier alpha value is -3.22. The van der Waals surface area contributed by atoms with Gasteiger partial charge >= 0.3 is 5.97 Å². The number of nitro groups is 1. The van der Waals surface area contributed by atoms with Gasteiger partial charge in [0, 0.05) is 24.2 Å². The molecule has 0 N–H and O–H groups in total. The predicted molar refractivity (Wildman–Crippen MR) is 98.5 cm³/mol. The maximum Gasteiger partial charge on any atom is 0.345 e. The molecule has 3 rings (SSSR count). The first-order valence-corrected chi connectivity index (χ1v) is 8.76. The van der Waals surface area contributed by atoms with Crippen LogP contribution in [-0.2, 0) is 11.3 Å². The van der Waals surface area contributed by atoms with Crippen LogP contribution in [-0.4, -0.2) is 34.8 Å². The van der Waals surface area contributed by atoms with E-state index in [4.69, 9.17) is 4.74 Å². The molecule has 0 atom stereocenters. The Morgan fingerprint density at radius 3 is 2.41 bits per heavy atom. The maximum absolute atomic E-state index is 12.3. The van der Waals surface area contributed by atoms with Crippen molar-refractivity contribution in [3.8, 4) is 0 Å². The van der Waals surface area contributed by atoms with Crippen LogP contribution < -0.4 is 0 Å². The summed E-state index contributed by atoms with van der Waals surface area (Å²) in [4.78, 5) is 37.0. The number of ether oxygens (including phenoxy) is 1. The van der Waals surface area contributed by atoms with Crippen LogP contribution in [0.25, 0.3) is 0 Å². The number of benzene rings is 2. The van der Waals surface area contributed by atoms with Crippen LogP contribution in [0.5, 0.6) is 0 Å². The summed E-state index contributed by atoms with van der Waals surface area (Å²) in [5.74, 6) is -0.742. The molecule has 27 heavy (non-hydrogen) atoms. The van der Waals surface area contributed by atoms with Crippen LogP contribution in [0.2, 0.25) is 0 Å². The molecule has 1 saturated heterocycles. The molecule has 0 aliphatic carbocycles. The second-order valence-electron chi connectivity index (χ2n) is 6.50. The minimum Gasteiger partial charge on any atom is -0.457 e. The number of amides is 1. The van der Waals surface area contributed by atoms with Crippen LogP contribution in [0.1, 0.15) is 44.7 Å². The lowest BCUT2D eigenvalue weighted by Gasteiger charge is -2.15. The van der Waals surface area contributed by atoms with Gasteiger partial charge in [-0.15, -0.1) is 0 Å². The van der Waals surface area contributed by atoms with E-state index in [1.165, 1.54) is 6.07 Å². The van der Waals surface area contributed by atoms with E-state index in [9.17, 15) is 19.7 Å². The third-order valence-corrected chi connectivity index (χ3v) is 4.60. The van der Waals surface area contributed by atoms with Crippen molar-refractivity contribution >= 4 is 17.6 Å². The number of nitrogens with zero attached hydrogens (tertiary/aromatic N) is 2. The molecule has 0 unspecified atom stereocenters. The summed E-state index contributed by atoms with van der Waals surface area (Å²) in [5.41, 5.74) is 1.40. The topological polar surface area (TPSA) is 89.8 Å². The quantitative estimate of drug-likeness (QED) is 0.458. The number of nitro benzene ring substituents is 1. The van der Waals surface area contributed by atoms with Gasteiger partial charge in [0.15, 0.2) is 0 Å². The molecule has 1 aliphatic heterocycles. The number of hydrogen-bond donors (Lipinski definition) is 0. The molecule has 7 nitrogen and oxygen atoms in total. The summed E-state index contributed by atoms with van der Waals surface area (Å²) >= 11 is 0. The fourth-order valence-corrected chi connectivity index (χ4v) is 3.14. The standard InChI is InChI=1S/C20H20N2O5/c1-14-5-4-6-17(18(14)22(25)26)20(24)27-13-15-7-9-16(10-8-15)19(23)21-11-2-3-12-21/h4-10H,2-3,11-13H2,1H3. The van der Waals surface area contributed by atoms with Crippen LogP contribution in [0, 0.1) is 17.0 Å². The summed E-state index contributed by atoms with van der Waals surface area (Å²) in [6.45, 7) is 3.12. The molecule has 140 valence electrons. The number of aryl methyl sites for hydroxylation is 1. The lowest BCUT2D eigenvalue weighted by Crippen LogP contribution is -2.27. The van der Waals surface area contributed by atoms with Crippen molar-refractivity contribution in [2.24, 2.45) is 0 Å². The number of carbonyl (C=O) groups is 2. The summed E-state index contributed by atoms with van der Waals surface area (Å²) in [6.07, 6.45) is 2.07. The van der Waals surface area contributed by atoms with Crippen LogP contribution >= 0.6 is 0 Å². The van der Waals surface area contributed by atoms with Crippen molar-refractivity contribution in [2.45, 2.75) is 26.4 Å². The van der Waals surface area contributed by atoms with Crippen molar-refractivity contribution in [1.82, 2.24) is 4.90 Å². The molecule has 0 saturated carbocycles. The third-order valence-electron chi connectivity index (χ3n) is 4.60. The highest BCUT2D eigenvalue weighted by Crippen LogP contribution is 2.24. The number of hydrogen-bond acceptors (Lipinski definition) is 5. The van der Waals surface area contributed by atoms with Crippen LogP contribution in [0.3, 0.4) is 0 Å². The molecule has 0 aromatic heterocycles. The zero-order valence-electron chi connectivity index (χ0n) is 15.0. The molecule has 2 aromatic rings. The molecule has 1 aliphatic rings. The van der Waals surface area contributed by atoms with Crippen LogP contribution in [0.4, 0.5) is 5.69 Å².